The van der Waals surface area contributed by atoms with Gasteiger partial charge in [0.25, 0.3) is 5.91 Å². The zero-order valence-electron chi connectivity index (χ0n) is 20.1. The molecule has 8 heteroatoms. The molecule has 0 unspecified atom stereocenters. The number of nitrogens with one attached hydrogen (secondary N) is 1. The van der Waals surface area contributed by atoms with E-state index in [-0.39, 0.29) is 17.9 Å². The van der Waals surface area contributed by atoms with E-state index in [4.69, 9.17) is 27.9 Å². The number of carbonyl (C=O) groups excluding carboxylic acids is 2. The Balaban J connectivity index is 1.37. The van der Waals surface area contributed by atoms with Crippen molar-refractivity contribution in [3.8, 4) is 5.75 Å². The summed E-state index contributed by atoms with van der Waals surface area (Å²) < 4.78 is 5.43. The number of piperazine rings is 1. The zero-order valence-corrected chi connectivity index (χ0v) is 21.7. The van der Waals surface area contributed by atoms with Crippen molar-refractivity contribution in [2.24, 2.45) is 5.92 Å². The third kappa shape index (κ3) is 6.29. The smallest absolute Gasteiger partial charge is 0.255 e. The molecule has 0 spiro atoms. The van der Waals surface area contributed by atoms with E-state index < -0.39 is 0 Å². The standard InChI is InChI=1S/C27H33Cl2N3O3/c1-35-24-9-5-4-6-19(24)12-13-30-26(33)25(20-7-2-3-8-20)31-14-16-32(17-15-31)27(34)22-11-10-21(28)18-23(22)29/h4-6,9-11,18,20,25H,2-3,7-8,12-17H2,1H3,(H,30,33)/t25-/m0/s1. The summed E-state index contributed by atoms with van der Waals surface area (Å²) in [4.78, 5) is 30.5. The summed E-state index contributed by atoms with van der Waals surface area (Å²) in [5.41, 5.74) is 1.55. The molecule has 1 saturated heterocycles. The van der Waals surface area contributed by atoms with Crippen molar-refractivity contribution >= 4 is 35.0 Å². The molecular formula is C27H33Cl2N3O3. The first-order chi connectivity index (χ1) is 17.0. The van der Waals surface area contributed by atoms with Gasteiger partial charge in [0.1, 0.15) is 5.75 Å². The average Bonchev–Trinajstić information content (AvgIpc) is 3.39. The molecule has 2 aromatic rings. The highest BCUT2D eigenvalue weighted by atomic mass is 35.5. The summed E-state index contributed by atoms with van der Waals surface area (Å²) in [6.45, 7) is 3.02. The summed E-state index contributed by atoms with van der Waals surface area (Å²) in [5.74, 6) is 1.20. The van der Waals surface area contributed by atoms with Crippen LogP contribution in [0.3, 0.4) is 0 Å². The van der Waals surface area contributed by atoms with Crippen molar-refractivity contribution in [2.45, 2.75) is 38.1 Å². The molecule has 2 aliphatic rings. The highest BCUT2D eigenvalue weighted by Crippen LogP contribution is 2.31. The number of benzene rings is 2. The van der Waals surface area contributed by atoms with Gasteiger partial charge in [-0.1, -0.05) is 54.2 Å². The van der Waals surface area contributed by atoms with E-state index in [0.717, 1.165) is 30.6 Å². The molecule has 2 fully saturated rings. The Morgan fingerprint density at radius 2 is 1.77 bits per heavy atom. The lowest BCUT2D eigenvalue weighted by molar-refractivity contribution is -0.129. The monoisotopic (exact) mass is 517 g/mol. The predicted molar refractivity (Wildman–Crippen MR) is 139 cm³/mol. The number of ether oxygens (including phenoxy) is 1. The number of hydrogen-bond acceptors (Lipinski definition) is 4. The van der Waals surface area contributed by atoms with Crippen molar-refractivity contribution in [1.82, 2.24) is 15.1 Å². The second-order valence-corrected chi connectivity index (χ2v) is 10.1. The van der Waals surface area contributed by atoms with Crippen LogP contribution in [0.1, 0.15) is 41.6 Å². The van der Waals surface area contributed by atoms with E-state index in [1.807, 2.05) is 29.2 Å². The Kier molecular flexibility index (Phi) is 8.93. The van der Waals surface area contributed by atoms with Gasteiger partial charge < -0.3 is 15.0 Å². The number of methoxy groups -OCH3 is 1. The van der Waals surface area contributed by atoms with Crippen molar-refractivity contribution in [3.63, 3.8) is 0 Å². The van der Waals surface area contributed by atoms with Crippen LogP contribution < -0.4 is 10.1 Å². The van der Waals surface area contributed by atoms with Gasteiger partial charge in [-0.25, -0.2) is 0 Å². The van der Waals surface area contributed by atoms with Crippen LogP contribution in [0.15, 0.2) is 42.5 Å². The molecule has 0 aromatic heterocycles. The minimum absolute atomic E-state index is 0.0901. The van der Waals surface area contributed by atoms with Gasteiger partial charge in [0.05, 0.1) is 23.7 Å². The number of para-hydroxylation sites is 1. The first-order valence-corrected chi connectivity index (χ1v) is 13.1. The van der Waals surface area contributed by atoms with E-state index in [0.29, 0.717) is 54.3 Å². The molecule has 35 heavy (non-hydrogen) atoms. The van der Waals surface area contributed by atoms with Crippen LogP contribution in [0.4, 0.5) is 0 Å². The fourth-order valence-corrected chi connectivity index (χ4v) is 5.81. The number of carbonyl (C=O) groups is 2. The molecule has 1 aliphatic carbocycles. The Hall–Kier alpha value is -2.28. The summed E-state index contributed by atoms with van der Waals surface area (Å²) in [5, 5.41) is 4.05. The normalized spacial score (nSPS) is 17.9. The van der Waals surface area contributed by atoms with E-state index in [2.05, 4.69) is 10.2 Å². The molecule has 1 saturated carbocycles. The Labute approximate surface area is 217 Å². The van der Waals surface area contributed by atoms with Gasteiger partial charge >= 0.3 is 0 Å². The quantitative estimate of drug-likeness (QED) is 0.552. The molecule has 1 atom stereocenters. The number of amides is 2. The lowest BCUT2D eigenvalue weighted by atomic mass is 9.94. The number of halogens is 2. The highest BCUT2D eigenvalue weighted by molar-refractivity contribution is 6.36. The fraction of sp³-hybridized carbons (Fsp3) is 0.481. The van der Waals surface area contributed by atoms with Crippen LogP contribution >= 0.6 is 23.2 Å². The third-order valence-corrected chi connectivity index (χ3v) is 7.71. The first-order valence-electron chi connectivity index (χ1n) is 12.4. The number of nitrogens with zero attached hydrogens (tertiary/aromatic N) is 2. The molecule has 6 nitrogen and oxygen atoms in total. The molecule has 0 bridgehead atoms. The zero-order chi connectivity index (χ0) is 24.8. The molecule has 1 heterocycles. The number of rotatable bonds is 8. The van der Waals surface area contributed by atoms with Gasteiger partial charge in [0, 0.05) is 37.7 Å². The summed E-state index contributed by atoms with van der Waals surface area (Å²) in [6.07, 6.45) is 5.21. The highest BCUT2D eigenvalue weighted by Gasteiger charge is 2.37. The SMILES string of the molecule is COc1ccccc1CCNC(=O)[C@H](C1CCCC1)N1CCN(C(=O)c2ccc(Cl)cc2Cl)CC1. The topological polar surface area (TPSA) is 61.9 Å². The van der Waals surface area contributed by atoms with E-state index in [1.165, 1.54) is 12.8 Å². The van der Waals surface area contributed by atoms with Gasteiger partial charge in [-0.2, -0.15) is 0 Å². The number of hydrogen-bond donors (Lipinski definition) is 1. The molecule has 1 N–H and O–H groups in total. The maximum Gasteiger partial charge on any atom is 0.255 e. The van der Waals surface area contributed by atoms with E-state index in [9.17, 15) is 9.59 Å². The van der Waals surface area contributed by atoms with Crippen molar-refractivity contribution < 1.29 is 14.3 Å². The van der Waals surface area contributed by atoms with Gasteiger partial charge in [-0.3, -0.25) is 14.5 Å². The van der Waals surface area contributed by atoms with E-state index >= 15 is 0 Å². The third-order valence-electron chi connectivity index (χ3n) is 7.16. The van der Waals surface area contributed by atoms with Crippen LogP contribution in [-0.2, 0) is 11.2 Å². The van der Waals surface area contributed by atoms with E-state index in [1.54, 1.807) is 25.3 Å². The molecule has 0 radical (unpaired) electrons. The minimum atomic E-state index is -0.161. The van der Waals surface area contributed by atoms with Gasteiger partial charge in [-0.05, 0) is 55.0 Å². The lowest BCUT2D eigenvalue weighted by Crippen LogP contribution is -2.58. The van der Waals surface area contributed by atoms with Crippen LogP contribution in [0.2, 0.25) is 10.0 Å². The van der Waals surface area contributed by atoms with Crippen molar-refractivity contribution in [1.29, 1.82) is 0 Å². The predicted octanol–water partition coefficient (Wildman–Crippen LogP) is 4.68. The minimum Gasteiger partial charge on any atom is -0.496 e. The fourth-order valence-electron chi connectivity index (χ4n) is 5.32. The first kappa shape index (κ1) is 25.8. The van der Waals surface area contributed by atoms with Gasteiger partial charge in [-0.15, -0.1) is 0 Å². The molecule has 1 aliphatic heterocycles. The Morgan fingerprint density at radius 1 is 1.06 bits per heavy atom. The van der Waals surface area contributed by atoms with Crippen LogP contribution in [0.25, 0.3) is 0 Å². The summed E-state index contributed by atoms with van der Waals surface area (Å²) >= 11 is 12.2. The van der Waals surface area contributed by atoms with Gasteiger partial charge in [0.2, 0.25) is 5.91 Å². The van der Waals surface area contributed by atoms with Crippen LogP contribution in [0.5, 0.6) is 5.75 Å². The van der Waals surface area contributed by atoms with Crippen LogP contribution in [-0.4, -0.2) is 67.5 Å². The molecule has 188 valence electrons. The maximum absolute atomic E-state index is 13.4. The second kappa shape index (κ2) is 12.1. The molecule has 4 rings (SSSR count). The molecular weight excluding hydrogens is 485 g/mol. The second-order valence-electron chi connectivity index (χ2n) is 9.29. The maximum atomic E-state index is 13.4. The Morgan fingerprint density at radius 3 is 2.46 bits per heavy atom. The molecule has 2 aromatic carbocycles. The Bertz CT molecular complexity index is 1030. The summed E-state index contributed by atoms with van der Waals surface area (Å²) in [7, 11) is 1.67. The van der Waals surface area contributed by atoms with Crippen LogP contribution in [0, 0.1) is 5.92 Å². The van der Waals surface area contributed by atoms with Crippen molar-refractivity contribution in [3.05, 3.63) is 63.6 Å². The molecule has 2 amide bonds. The average molecular weight is 518 g/mol. The summed E-state index contributed by atoms with van der Waals surface area (Å²) in [6, 6.07) is 12.7. The van der Waals surface area contributed by atoms with Crippen molar-refractivity contribution in [2.75, 3.05) is 39.8 Å². The largest absolute Gasteiger partial charge is 0.496 e. The van der Waals surface area contributed by atoms with Gasteiger partial charge in [0.15, 0.2) is 0 Å². The lowest BCUT2D eigenvalue weighted by Gasteiger charge is -2.40.